The molecule has 1 heterocycles. The van der Waals surface area contributed by atoms with Crippen LogP contribution in [0, 0.1) is 0 Å². The molecule has 30 heavy (non-hydrogen) atoms. The summed E-state index contributed by atoms with van der Waals surface area (Å²) in [4.78, 5) is 25.7. The Morgan fingerprint density at radius 1 is 0.767 bits per heavy atom. The molecule has 0 spiro atoms. The Hall–Kier alpha value is -1.92. The molecule has 1 aromatic heterocycles. The van der Waals surface area contributed by atoms with Gasteiger partial charge in [0.25, 0.3) is 0 Å². The summed E-state index contributed by atoms with van der Waals surface area (Å²) >= 11 is 0. The number of nitrogens with zero attached hydrogens (tertiary/aromatic N) is 1. The van der Waals surface area contributed by atoms with Gasteiger partial charge in [0.05, 0.1) is 0 Å². The van der Waals surface area contributed by atoms with Gasteiger partial charge in [0, 0.05) is 25.5 Å². The molecule has 0 unspecified atom stereocenters. The van der Waals surface area contributed by atoms with Crippen molar-refractivity contribution >= 4 is 11.8 Å². The van der Waals surface area contributed by atoms with Crippen molar-refractivity contribution < 1.29 is 27.9 Å². The summed E-state index contributed by atoms with van der Waals surface area (Å²) < 4.78 is 37.4. The molecule has 1 N–H and O–H groups in total. The van der Waals surface area contributed by atoms with E-state index in [4.69, 9.17) is 5.11 Å². The topological polar surface area (TPSA) is 67.3 Å². The minimum atomic E-state index is -4.45. The van der Waals surface area contributed by atoms with E-state index in [-0.39, 0.29) is 18.6 Å². The second-order valence-electron chi connectivity index (χ2n) is 7.90. The lowest BCUT2D eigenvalue weighted by atomic mass is 10.0. The lowest BCUT2D eigenvalue weighted by molar-refractivity contribution is -0.141. The number of carboxylic acid groups (broad SMARTS) is 1. The van der Waals surface area contributed by atoms with Crippen molar-refractivity contribution in [2.45, 2.75) is 102 Å². The third-order valence-corrected chi connectivity index (χ3v) is 5.11. The number of carbonyl (C=O) groups excluding carboxylic acids is 1. The van der Waals surface area contributed by atoms with Crippen LogP contribution in [0.4, 0.5) is 13.2 Å². The molecule has 0 fully saturated rings. The molecule has 0 amide bonds. The van der Waals surface area contributed by atoms with E-state index in [1.165, 1.54) is 38.2 Å². The molecular formula is C23H34F3NO3. The van der Waals surface area contributed by atoms with Gasteiger partial charge in [0.2, 0.25) is 0 Å². The van der Waals surface area contributed by atoms with Crippen molar-refractivity contribution in [2.24, 2.45) is 0 Å². The normalized spacial score (nSPS) is 11.6. The lowest BCUT2D eigenvalue weighted by Gasteiger charge is -2.06. The first kappa shape index (κ1) is 26.1. The van der Waals surface area contributed by atoms with Gasteiger partial charge in [-0.05, 0) is 24.5 Å². The van der Waals surface area contributed by atoms with Crippen LogP contribution >= 0.6 is 0 Å². The Morgan fingerprint density at radius 2 is 1.23 bits per heavy atom. The average Bonchev–Trinajstić information content (AvgIpc) is 2.67. The van der Waals surface area contributed by atoms with Gasteiger partial charge >= 0.3 is 12.1 Å². The fourth-order valence-electron chi connectivity index (χ4n) is 3.38. The SMILES string of the molecule is O=C(O)CCCCCCCCCCCCCCC(=O)Cc1ccc(C(F)(F)F)nc1. The fourth-order valence-corrected chi connectivity index (χ4v) is 3.38. The molecule has 0 bridgehead atoms. The number of hydrogen-bond acceptors (Lipinski definition) is 3. The zero-order valence-corrected chi connectivity index (χ0v) is 17.7. The summed E-state index contributed by atoms with van der Waals surface area (Å²) in [6, 6.07) is 2.24. The summed E-state index contributed by atoms with van der Waals surface area (Å²) in [6.07, 6.45) is 10.6. The van der Waals surface area contributed by atoms with E-state index in [1.807, 2.05) is 0 Å². The maximum absolute atomic E-state index is 12.5. The van der Waals surface area contributed by atoms with Crippen molar-refractivity contribution in [2.75, 3.05) is 0 Å². The van der Waals surface area contributed by atoms with E-state index < -0.39 is 17.8 Å². The van der Waals surface area contributed by atoms with E-state index in [2.05, 4.69) is 4.98 Å². The molecule has 1 aromatic rings. The summed E-state index contributed by atoms with van der Waals surface area (Å²) in [7, 11) is 0. The Morgan fingerprint density at radius 3 is 1.63 bits per heavy atom. The van der Waals surface area contributed by atoms with E-state index in [0.717, 1.165) is 57.2 Å². The number of halogens is 3. The van der Waals surface area contributed by atoms with Gasteiger partial charge in [-0.15, -0.1) is 0 Å². The van der Waals surface area contributed by atoms with Crippen molar-refractivity contribution in [3.8, 4) is 0 Å². The van der Waals surface area contributed by atoms with Crippen LogP contribution in [-0.2, 0) is 22.2 Å². The quantitative estimate of drug-likeness (QED) is 0.278. The predicted molar refractivity (Wildman–Crippen MR) is 110 cm³/mol. The molecule has 170 valence electrons. The highest BCUT2D eigenvalue weighted by Crippen LogP contribution is 2.27. The van der Waals surface area contributed by atoms with Gasteiger partial charge in [0.15, 0.2) is 0 Å². The number of carboxylic acids is 1. The van der Waals surface area contributed by atoms with Gasteiger partial charge in [-0.2, -0.15) is 13.2 Å². The van der Waals surface area contributed by atoms with Gasteiger partial charge in [-0.1, -0.05) is 70.3 Å². The van der Waals surface area contributed by atoms with Gasteiger partial charge in [-0.3, -0.25) is 14.6 Å². The van der Waals surface area contributed by atoms with E-state index in [0.29, 0.717) is 12.0 Å². The molecule has 1 rings (SSSR count). The van der Waals surface area contributed by atoms with Crippen LogP contribution in [0.3, 0.4) is 0 Å². The van der Waals surface area contributed by atoms with Gasteiger partial charge in [-0.25, -0.2) is 0 Å². The van der Waals surface area contributed by atoms with Crippen LogP contribution in [0.25, 0.3) is 0 Å². The van der Waals surface area contributed by atoms with Gasteiger partial charge < -0.3 is 5.11 Å². The smallest absolute Gasteiger partial charge is 0.433 e. The largest absolute Gasteiger partial charge is 0.481 e. The monoisotopic (exact) mass is 429 g/mol. The highest BCUT2D eigenvalue weighted by molar-refractivity contribution is 5.80. The minimum Gasteiger partial charge on any atom is -0.481 e. The highest BCUT2D eigenvalue weighted by atomic mass is 19.4. The molecular weight excluding hydrogens is 395 g/mol. The maximum Gasteiger partial charge on any atom is 0.433 e. The molecule has 0 aromatic carbocycles. The number of ketones is 1. The molecule has 0 saturated heterocycles. The van der Waals surface area contributed by atoms with Crippen molar-refractivity contribution in [3.05, 3.63) is 29.6 Å². The molecule has 0 atom stereocenters. The molecule has 0 saturated carbocycles. The molecule has 0 radical (unpaired) electrons. The van der Waals surface area contributed by atoms with Gasteiger partial charge in [0.1, 0.15) is 11.5 Å². The summed E-state index contributed by atoms with van der Waals surface area (Å²) in [6.45, 7) is 0. The zero-order valence-electron chi connectivity index (χ0n) is 17.7. The van der Waals surface area contributed by atoms with Crippen LogP contribution < -0.4 is 0 Å². The first-order valence-electron chi connectivity index (χ1n) is 11.0. The summed E-state index contributed by atoms with van der Waals surface area (Å²) in [5.74, 6) is -0.671. The molecule has 0 aliphatic carbocycles. The zero-order chi connectivity index (χ0) is 22.2. The number of rotatable bonds is 17. The third kappa shape index (κ3) is 13.3. The Kier molecular flexibility index (Phi) is 13.0. The number of carbonyl (C=O) groups is 2. The van der Waals surface area contributed by atoms with E-state index >= 15 is 0 Å². The van der Waals surface area contributed by atoms with E-state index in [1.54, 1.807) is 0 Å². The van der Waals surface area contributed by atoms with Crippen LogP contribution in [-0.4, -0.2) is 21.8 Å². The third-order valence-electron chi connectivity index (χ3n) is 5.11. The molecule has 0 aliphatic heterocycles. The van der Waals surface area contributed by atoms with Crippen LogP contribution in [0.1, 0.15) is 101 Å². The molecule has 4 nitrogen and oxygen atoms in total. The predicted octanol–water partition coefficient (Wildman–Crippen LogP) is 6.76. The van der Waals surface area contributed by atoms with E-state index in [9.17, 15) is 22.8 Å². The van der Waals surface area contributed by atoms with Crippen molar-refractivity contribution in [1.82, 2.24) is 4.98 Å². The minimum absolute atomic E-state index is 0.0416. The molecule has 0 aliphatic rings. The number of Topliss-reactive ketones (excluding diaryl/α,β-unsaturated/α-hetero) is 1. The summed E-state index contributed by atoms with van der Waals surface area (Å²) in [5, 5.41) is 8.56. The van der Waals surface area contributed by atoms with Crippen molar-refractivity contribution in [1.29, 1.82) is 0 Å². The number of hydrogen-bond donors (Lipinski definition) is 1. The van der Waals surface area contributed by atoms with Crippen LogP contribution in [0.2, 0.25) is 0 Å². The number of alkyl halides is 3. The maximum atomic E-state index is 12.5. The Labute approximate surface area is 177 Å². The average molecular weight is 430 g/mol. The standard InChI is InChI=1S/C23H34F3NO3/c24-23(25,26)21-16-15-19(18-27-21)17-20(28)13-11-9-7-5-3-1-2-4-6-8-10-12-14-22(29)30/h15-16,18H,1-14,17H2,(H,29,30). The summed E-state index contributed by atoms with van der Waals surface area (Å²) in [5.41, 5.74) is -0.413. The number of aliphatic carboxylic acids is 1. The Balaban J connectivity index is 1.93. The highest BCUT2D eigenvalue weighted by Gasteiger charge is 2.32. The molecule has 7 heteroatoms. The second-order valence-corrected chi connectivity index (χ2v) is 7.90. The van der Waals surface area contributed by atoms with Crippen molar-refractivity contribution in [3.63, 3.8) is 0 Å². The van der Waals surface area contributed by atoms with Crippen LogP contribution in [0.5, 0.6) is 0 Å². The number of pyridine rings is 1. The fraction of sp³-hybridized carbons (Fsp3) is 0.696. The Bertz CT molecular complexity index is 615. The second kappa shape index (κ2) is 15.0. The number of unbranched alkanes of at least 4 members (excludes halogenated alkanes) is 11. The lowest BCUT2D eigenvalue weighted by Crippen LogP contribution is -2.09. The van der Waals surface area contributed by atoms with Crippen LogP contribution in [0.15, 0.2) is 18.3 Å². The first-order valence-corrected chi connectivity index (χ1v) is 11.0. The number of aromatic nitrogens is 1. The first-order chi connectivity index (χ1) is 14.3.